The second-order valence-corrected chi connectivity index (χ2v) is 6.35. The van der Waals surface area contributed by atoms with E-state index < -0.39 is 0 Å². The maximum Gasteiger partial charge on any atom is 0.0822 e. The summed E-state index contributed by atoms with van der Waals surface area (Å²) in [6, 6.07) is 0. The van der Waals surface area contributed by atoms with E-state index in [-0.39, 0.29) is 5.60 Å². The first-order valence-corrected chi connectivity index (χ1v) is 7.55. The quantitative estimate of drug-likeness (QED) is 0.777. The Bertz CT molecular complexity index is 270. The molecule has 1 N–H and O–H groups in total. The van der Waals surface area contributed by atoms with Crippen molar-refractivity contribution in [3.05, 3.63) is 0 Å². The smallest absolute Gasteiger partial charge is 0.0822 e. The minimum absolute atomic E-state index is 0.190. The summed E-state index contributed by atoms with van der Waals surface area (Å²) in [7, 11) is 2.22. The molecule has 0 saturated carbocycles. The number of ether oxygens (including phenoxy) is 1. The molecule has 4 nitrogen and oxygen atoms in total. The molecule has 1 spiro atoms. The predicted octanol–water partition coefficient (Wildman–Crippen LogP) is 0.535. The Morgan fingerprint density at radius 3 is 2.78 bits per heavy atom. The molecule has 3 aliphatic heterocycles. The molecule has 0 aromatic carbocycles. The molecule has 3 aliphatic rings. The van der Waals surface area contributed by atoms with Crippen LogP contribution in [-0.2, 0) is 4.74 Å². The van der Waals surface area contributed by atoms with Gasteiger partial charge in [0, 0.05) is 39.3 Å². The number of likely N-dealkylation sites (N-methyl/N-ethyl adjacent to an activating group) is 1. The molecule has 18 heavy (non-hydrogen) atoms. The fourth-order valence-corrected chi connectivity index (χ4v) is 3.61. The Balaban J connectivity index is 1.50. The Morgan fingerprint density at radius 2 is 2.06 bits per heavy atom. The average molecular weight is 253 g/mol. The standard InChI is InChI=1S/C14H27N3O/c1-16-7-9-17(10-8-16)11-13-3-2-4-14(18-13)5-6-15-12-14/h13,15H,2-12H2,1H3/t13-,14+/m0/s1. The largest absolute Gasteiger partial charge is 0.369 e. The van der Waals surface area contributed by atoms with Crippen LogP contribution in [0.1, 0.15) is 25.7 Å². The lowest BCUT2D eigenvalue weighted by Crippen LogP contribution is -2.50. The summed E-state index contributed by atoms with van der Waals surface area (Å²) < 4.78 is 6.45. The van der Waals surface area contributed by atoms with Gasteiger partial charge in [0.25, 0.3) is 0 Å². The predicted molar refractivity (Wildman–Crippen MR) is 72.9 cm³/mol. The van der Waals surface area contributed by atoms with Crippen LogP contribution >= 0.6 is 0 Å². The molecule has 104 valence electrons. The lowest BCUT2D eigenvalue weighted by Gasteiger charge is -2.41. The third-order valence-corrected chi connectivity index (χ3v) is 4.84. The third kappa shape index (κ3) is 2.87. The van der Waals surface area contributed by atoms with E-state index in [0.29, 0.717) is 6.10 Å². The van der Waals surface area contributed by atoms with Gasteiger partial charge >= 0.3 is 0 Å². The second-order valence-electron chi connectivity index (χ2n) is 6.35. The topological polar surface area (TPSA) is 27.7 Å². The Morgan fingerprint density at radius 1 is 1.22 bits per heavy atom. The number of rotatable bonds is 2. The van der Waals surface area contributed by atoms with Crippen LogP contribution in [0.15, 0.2) is 0 Å². The van der Waals surface area contributed by atoms with E-state index in [4.69, 9.17) is 4.74 Å². The van der Waals surface area contributed by atoms with Gasteiger partial charge in [0.2, 0.25) is 0 Å². The summed E-state index contributed by atoms with van der Waals surface area (Å²) in [5.41, 5.74) is 0.190. The van der Waals surface area contributed by atoms with E-state index in [1.54, 1.807) is 0 Å². The number of nitrogens with zero attached hydrogens (tertiary/aromatic N) is 2. The van der Waals surface area contributed by atoms with Crippen molar-refractivity contribution >= 4 is 0 Å². The van der Waals surface area contributed by atoms with Crippen LogP contribution in [0.3, 0.4) is 0 Å². The van der Waals surface area contributed by atoms with E-state index in [2.05, 4.69) is 22.2 Å². The fraction of sp³-hybridized carbons (Fsp3) is 1.00. The average Bonchev–Trinajstić information content (AvgIpc) is 2.80. The van der Waals surface area contributed by atoms with Crippen LogP contribution in [0.2, 0.25) is 0 Å². The number of piperazine rings is 1. The van der Waals surface area contributed by atoms with Crippen molar-refractivity contribution < 1.29 is 4.74 Å². The molecule has 0 bridgehead atoms. The Labute approximate surface area is 111 Å². The van der Waals surface area contributed by atoms with Crippen LogP contribution in [0.25, 0.3) is 0 Å². The van der Waals surface area contributed by atoms with Gasteiger partial charge in [0.15, 0.2) is 0 Å². The summed E-state index contributed by atoms with van der Waals surface area (Å²) in [6.07, 6.45) is 5.56. The first kappa shape index (κ1) is 12.9. The van der Waals surface area contributed by atoms with Crippen molar-refractivity contribution in [3.63, 3.8) is 0 Å². The van der Waals surface area contributed by atoms with Gasteiger partial charge in [-0.2, -0.15) is 0 Å². The minimum Gasteiger partial charge on any atom is -0.369 e. The van der Waals surface area contributed by atoms with Crippen molar-refractivity contribution in [3.8, 4) is 0 Å². The van der Waals surface area contributed by atoms with Crippen LogP contribution in [0.5, 0.6) is 0 Å². The lowest BCUT2D eigenvalue weighted by atomic mass is 9.90. The van der Waals surface area contributed by atoms with Gasteiger partial charge < -0.3 is 15.0 Å². The fourth-order valence-electron chi connectivity index (χ4n) is 3.61. The monoisotopic (exact) mass is 253 g/mol. The second kappa shape index (κ2) is 5.45. The zero-order valence-electron chi connectivity index (χ0n) is 11.7. The van der Waals surface area contributed by atoms with E-state index in [1.165, 1.54) is 51.9 Å². The van der Waals surface area contributed by atoms with E-state index in [0.717, 1.165) is 19.6 Å². The van der Waals surface area contributed by atoms with Crippen molar-refractivity contribution in [1.82, 2.24) is 15.1 Å². The van der Waals surface area contributed by atoms with Crippen LogP contribution < -0.4 is 5.32 Å². The highest BCUT2D eigenvalue weighted by molar-refractivity contribution is 4.94. The van der Waals surface area contributed by atoms with Crippen molar-refractivity contribution in [2.75, 3.05) is 52.9 Å². The summed E-state index contributed by atoms with van der Waals surface area (Å²) in [4.78, 5) is 5.01. The zero-order valence-corrected chi connectivity index (χ0v) is 11.7. The first-order chi connectivity index (χ1) is 8.76. The van der Waals surface area contributed by atoms with Crippen molar-refractivity contribution in [2.45, 2.75) is 37.4 Å². The third-order valence-electron chi connectivity index (χ3n) is 4.84. The van der Waals surface area contributed by atoms with Gasteiger partial charge in [0.1, 0.15) is 0 Å². The lowest BCUT2D eigenvalue weighted by molar-refractivity contribution is -0.126. The van der Waals surface area contributed by atoms with Crippen LogP contribution in [0.4, 0.5) is 0 Å². The van der Waals surface area contributed by atoms with Gasteiger partial charge in [-0.05, 0) is 39.3 Å². The molecule has 3 heterocycles. The van der Waals surface area contributed by atoms with Crippen LogP contribution in [-0.4, -0.2) is 74.4 Å². The van der Waals surface area contributed by atoms with Crippen molar-refractivity contribution in [1.29, 1.82) is 0 Å². The molecule has 0 amide bonds. The molecule has 0 aromatic rings. The molecule has 2 atom stereocenters. The van der Waals surface area contributed by atoms with Gasteiger partial charge in [0.05, 0.1) is 11.7 Å². The highest BCUT2D eigenvalue weighted by Gasteiger charge is 2.40. The molecule has 4 heteroatoms. The summed E-state index contributed by atoms with van der Waals surface area (Å²) in [6.45, 7) is 8.20. The Hall–Kier alpha value is -0.160. The summed E-state index contributed by atoms with van der Waals surface area (Å²) in [5.74, 6) is 0. The molecule has 0 aliphatic carbocycles. The van der Waals surface area contributed by atoms with Gasteiger partial charge in [-0.15, -0.1) is 0 Å². The maximum absolute atomic E-state index is 6.45. The molecular formula is C14H27N3O. The number of hydrogen-bond donors (Lipinski definition) is 1. The first-order valence-electron chi connectivity index (χ1n) is 7.55. The van der Waals surface area contributed by atoms with Crippen molar-refractivity contribution in [2.24, 2.45) is 0 Å². The molecule has 0 radical (unpaired) electrons. The molecule has 0 unspecified atom stereocenters. The molecule has 3 saturated heterocycles. The van der Waals surface area contributed by atoms with Gasteiger partial charge in [-0.1, -0.05) is 0 Å². The molecule has 3 rings (SSSR count). The molecular weight excluding hydrogens is 226 g/mol. The maximum atomic E-state index is 6.45. The molecule has 0 aromatic heterocycles. The van der Waals surface area contributed by atoms with E-state index in [1.807, 2.05) is 0 Å². The highest BCUT2D eigenvalue weighted by Crippen LogP contribution is 2.33. The van der Waals surface area contributed by atoms with E-state index in [9.17, 15) is 0 Å². The summed E-state index contributed by atoms with van der Waals surface area (Å²) in [5, 5.41) is 3.47. The normalized spacial score (nSPS) is 39.5. The number of nitrogens with one attached hydrogen (secondary N) is 1. The van der Waals surface area contributed by atoms with Crippen LogP contribution in [0, 0.1) is 0 Å². The van der Waals surface area contributed by atoms with Gasteiger partial charge in [-0.3, -0.25) is 4.90 Å². The summed E-state index contributed by atoms with van der Waals surface area (Å²) >= 11 is 0. The number of hydrogen-bond acceptors (Lipinski definition) is 4. The SMILES string of the molecule is CN1CCN(C[C@@H]2CCC[C@]3(CCNC3)O2)CC1. The zero-order chi connectivity index (χ0) is 12.4. The highest BCUT2D eigenvalue weighted by atomic mass is 16.5. The van der Waals surface area contributed by atoms with Gasteiger partial charge in [-0.25, -0.2) is 0 Å². The minimum atomic E-state index is 0.190. The van der Waals surface area contributed by atoms with E-state index >= 15 is 0 Å². The molecule has 3 fully saturated rings. The Kier molecular flexibility index (Phi) is 3.89.